The fourth-order valence-electron chi connectivity index (χ4n) is 2.35. The van der Waals surface area contributed by atoms with E-state index >= 15 is 0 Å². The number of ether oxygens (including phenoxy) is 2. The average Bonchev–Trinajstić information content (AvgIpc) is 3.17. The third kappa shape index (κ3) is 6.96. The molecule has 0 unspecified atom stereocenters. The largest absolute Gasteiger partial charge is 0.464 e. The highest BCUT2D eigenvalue weighted by molar-refractivity contribution is 7.09. The molecule has 0 bridgehead atoms. The second kappa shape index (κ2) is 11.3. The van der Waals surface area contributed by atoms with Crippen LogP contribution in [0.4, 0.5) is 0 Å². The topological polar surface area (TPSA) is 68.7 Å². The number of benzene rings is 1. The highest BCUT2D eigenvalue weighted by atomic mass is 32.1. The van der Waals surface area contributed by atoms with Crippen molar-refractivity contribution in [1.82, 2.24) is 9.88 Å². The highest BCUT2D eigenvalue weighted by Gasteiger charge is 2.16. The van der Waals surface area contributed by atoms with E-state index in [1.807, 2.05) is 37.3 Å². The smallest absolute Gasteiger partial charge is 0.357 e. The fourth-order valence-corrected chi connectivity index (χ4v) is 3.13. The van der Waals surface area contributed by atoms with E-state index in [1.54, 1.807) is 22.4 Å². The molecule has 0 aliphatic heterocycles. The number of hydrogen-bond donors (Lipinski definition) is 0. The van der Waals surface area contributed by atoms with Crippen molar-refractivity contribution in [3.63, 3.8) is 0 Å². The minimum Gasteiger partial charge on any atom is -0.464 e. The van der Waals surface area contributed by atoms with Gasteiger partial charge in [-0.15, -0.1) is 11.3 Å². The summed E-state index contributed by atoms with van der Waals surface area (Å²) in [5, 5.41) is 2.33. The molecule has 0 saturated heterocycles. The molecule has 144 valence electrons. The first kappa shape index (κ1) is 20.8. The average molecular weight is 388 g/mol. The van der Waals surface area contributed by atoms with Crippen molar-refractivity contribution in [2.75, 3.05) is 26.9 Å². The summed E-state index contributed by atoms with van der Waals surface area (Å²) in [6.45, 7) is 4.07. The summed E-state index contributed by atoms with van der Waals surface area (Å²) in [7, 11) is 1.32. The van der Waals surface area contributed by atoms with E-state index < -0.39 is 5.97 Å². The van der Waals surface area contributed by atoms with Gasteiger partial charge in [0.05, 0.1) is 13.7 Å². The van der Waals surface area contributed by atoms with Crippen molar-refractivity contribution in [2.45, 2.75) is 19.9 Å². The fraction of sp³-hybridized carbons (Fsp3) is 0.350. The zero-order chi connectivity index (χ0) is 19.5. The zero-order valence-electron chi connectivity index (χ0n) is 15.6. The van der Waals surface area contributed by atoms with Crippen LogP contribution in [-0.2, 0) is 20.8 Å². The Kier molecular flexibility index (Phi) is 8.67. The molecule has 7 heteroatoms. The van der Waals surface area contributed by atoms with Crippen LogP contribution in [0.2, 0.25) is 0 Å². The first-order valence-electron chi connectivity index (χ1n) is 8.76. The van der Waals surface area contributed by atoms with Crippen LogP contribution < -0.4 is 0 Å². The van der Waals surface area contributed by atoms with Gasteiger partial charge >= 0.3 is 5.97 Å². The maximum atomic E-state index is 12.7. The SMILES string of the molecule is CCOCCCN(Cc1nc(C(=O)OC)cs1)C(=O)/C=C/c1ccccc1. The molecule has 1 heterocycles. The number of methoxy groups -OCH3 is 1. The lowest BCUT2D eigenvalue weighted by Crippen LogP contribution is -2.30. The predicted octanol–water partition coefficient (Wildman–Crippen LogP) is 3.40. The molecule has 27 heavy (non-hydrogen) atoms. The molecular weight excluding hydrogens is 364 g/mol. The van der Waals surface area contributed by atoms with Gasteiger partial charge in [-0.1, -0.05) is 30.3 Å². The number of hydrogen-bond acceptors (Lipinski definition) is 6. The molecule has 0 fully saturated rings. The van der Waals surface area contributed by atoms with E-state index in [9.17, 15) is 9.59 Å². The predicted molar refractivity (Wildman–Crippen MR) is 105 cm³/mol. The summed E-state index contributed by atoms with van der Waals surface area (Å²) >= 11 is 1.34. The van der Waals surface area contributed by atoms with E-state index in [-0.39, 0.29) is 11.6 Å². The number of esters is 1. The lowest BCUT2D eigenvalue weighted by atomic mass is 10.2. The number of rotatable bonds is 10. The maximum Gasteiger partial charge on any atom is 0.357 e. The lowest BCUT2D eigenvalue weighted by Gasteiger charge is -2.20. The van der Waals surface area contributed by atoms with Gasteiger partial charge in [0.15, 0.2) is 5.69 Å². The zero-order valence-corrected chi connectivity index (χ0v) is 16.4. The molecule has 2 aromatic rings. The van der Waals surface area contributed by atoms with Crippen molar-refractivity contribution in [2.24, 2.45) is 0 Å². The Morgan fingerprint density at radius 1 is 1.26 bits per heavy atom. The molecule has 1 aromatic carbocycles. The molecule has 0 N–H and O–H groups in total. The molecular formula is C20H24N2O4S. The first-order chi connectivity index (χ1) is 13.1. The van der Waals surface area contributed by atoms with Crippen molar-refractivity contribution >= 4 is 29.3 Å². The van der Waals surface area contributed by atoms with E-state index in [0.717, 1.165) is 12.0 Å². The number of nitrogens with zero attached hydrogens (tertiary/aromatic N) is 2. The lowest BCUT2D eigenvalue weighted by molar-refractivity contribution is -0.126. The molecule has 1 aromatic heterocycles. The summed E-state index contributed by atoms with van der Waals surface area (Å²) in [5.74, 6) is -0.583. The molecule has 0 atom stereocenters. The van der Waals surface area contributed by atoms with Gasteiger partial charge in [-0.2, -0.15) is 0 Å². The second-order valence-electron chi connectivity index (χ2n) is 5.67. The van der Waals surface area contributed by atoms with Crippen molar-refractivity contribution < 1.29 is 19.1 Å². The van der Waals surface area contributed by atoms with E-state index in [1.165, 1.54) is 18.4 Å². The summed E-state index contributed by atoms with van der Waals surface area (Å²) < 4.78 is 10.0. The van der Waals surface area contributed by atoms with Gasteiger partial charge in [0.2, 0.25) is 5.91 Å². The minimum atomic E-state index is -0.476. The monoisotopic (exact) mass is 388 g/mol. The van der Waals surface area contributed by atoms with E-state index in [4.69, 9.17) is 4.74 Å². The number of amides is 1. The molecule has 0 radical (unpaired) electrons. The summed E-state index contributed by atoms with van der Waals surface area (Å²) in [5.41, 5.74) is 1.22. The second-order valence-corrected chi connectivity index (χ2v) is 6.62. The maximum absolute atomic E-state index is 12.7. The number of thiazole rings is 1. The van der Waals surface area contributed by atoms with Crippen LogP contribution in [0.1, 0.15) is 34.4 Å². The van der Waals surface area contributed by atoms with Crippen LogP contribution >= 0.6 is 11.3 Å². The molecule has 0 aliphatic rings. The summed E-state index contributed by atoms with van der Waals surface area (Å²) in [6, 6.07) is 9.65. The van der Waals surface area contributed by atoms with Crippen LogP contribution in [0, 0.1) is 0 Å². The first-order valence-corrected chi connectivity index (χ1v) is 9.64. The standard InChI is InChI=1S/C20H24N2O4S/c1-3-26-13-7-12-22(14-18-21-17(15-27-18)20(24)25-2)19(23)11-10-16-8-5-4-6-9-16/h4-6,8-11,15H,3,7,12-14H2,1-2H3/b11-10+. The van der Waals surface area contributed by atoms with Gasteiger partial charge < -0.3 is 14.4 Å². The van der Waals surface area contributed by atoms with Gasteiger partial charge in [-0.25, -0.2) is 9.78 Å². The van der Waals surface area contributed by atoms with Crippen molar-refractivity contribution in [3.8, 4) is 0 Å². The van der Waals surface area contributed by atoms with Crippen LogP contribution in [-0.4, -0.2) is 48.6 Å². The Morgan fingerprint density at radius 2 is 2.04 bits per heavy atom. The Hall–Kier alpha value is -2.51. The van der Waals surface area contributed by atoms with Crippen LogP contribution in [0.3, 0.4) is 0 Å². The molecule has 0 spiro atoms. The third-order valence-corrected chi connectivity index (χ3v) is 4.56. The van der Waals surface area contributed by atoms with Gasteiger partial charge in [0.25, 0.3) is 0 Å². The van der Waals surface area contributed by atoms with E-state index in [0.29, 0.717) is 31.3 Å². The Labute approximate surface area is 163 Å². The van der Waals surface area contributed by atoms with Crippen LogP contribution in [0.25, 0.3) is 6.08 Å². The Balaban J connectivity index is 2.05. The molecule has 0 saturated carbocycles. The third-order valence-electron chi connectivity index (χ3n) is 3.72. The van der Waals surface area contributed by atoms with E-state index in [2.05, 4.69) is 9.72 Å². The van der Waals surface area contributed by atoms with Crippen molar-refractivity contribution in [3.05, 3.63) is 58.1 Å². The minimum absolute atomic E-state index is 0.106. The Morgan fingerprint density at radius 3 is 2.74 bits per heavy atom. The van der Waals surface area contributed by atoms with Gasteiger partial charge in [0.1, 0.15) is 5.01 Å². The number of carbonyl (C=O) groups excluding carboxylic acids is 2. The molecule has 2 rings (SSSR count). The van der Waals surface area contributed by atoms with Crippen LogP contribution in [0.15, 0.2) is 41.8 Å². The normalized spacial score (nSPS) is 10.9. The quantitative estimate of drug-likeness (QED) is 0.354. The van der Waals surface area contributed by atoms with Gasteiger partial charge in [-0.05, 0) is 25.0 Å². The molecule has 0 aliphatic carbocycles. The number of carbonyl (C=O) groups is 2. The van der Waals surface area contributed by atoms with Crippen LogP contribution in [0.5, 0.6) is 0 Å². The summed E-state index contributed by atoms with van der Waals surface area (Å²) in [4.78, 5) is 30.2. The highest BCUT2D eigenvalue weighted by Crippen LogP contribution is 2.14. The molecule has 1 amide bonds. The Bertz CT molecular complexity index is 758. The van der Waals surface area contributed by atoms with Gasteiger partial charge in [0, 0.05) is 31.2 Å². The number of aromatic nitrogens is 1. The van der Waals surface area contributed by atoms with Gasteiger partial charge in [-0.3, -0.25) is 4.79 Å². The molecule has 6 nitrogen and oxygen atoms in total. The summed E-state index contributed by atoms with van der Waals surface area (Å²) in [6.07, 6.45) is 4.08. The van der Waals surface area contributed by atoms with Crippen molar-refractivity contribution in [1.29, 1.82) is 0 Å².